The Morgan fingerprint density at radius 1 is 1.43 bits per heavy atom. The van der Waals surface area contributed by atoms with E-state index in [2.05, 4.69) is 15.5 Å². The Morgan fingerprint density at radius 3 is 2.71 bits per heavy atom. The van der Waals surface area contributed by atoms with Crippen LogP contribution in [-0.2, 0) is 4.74 Å². The molecule has 3 atom stereocenters. The van der Waals surface area contributed by atoms with Crippen LogP contribution in [-0.4, -0.2) is 28.4 Å². The number of hydrogen-bond donors (Lipinski definition) is 2. The smallest absolute Gasteiger partial charge is 0.317 e. The second-order valence-corrected chi connectivity index (χ2v) is 3.58. The van der Waals surface area contributed by atoms with Crippen molar-refractivity contribution in [3.63, 3.8) is 0 Å². The SMILES string of the molecule is CC1CC(Nc2nnc(N)o2)C(C)O1. The number of anilines is 2. The largest absolute Gasteiger partial charge is 0.390 e. The van der Waals surface area contributed by atoms with Crippen LogP contribution < -0.4 is 11.1 Å². The van der Waals surface area contributed by atoms with Crippen LogP contribution in [0.4, 0.5) is 12.0 Å². The first-order chi connectivity index (χ1) is 6.65. The van der Waals surface area contributed by atoms with Gasteiger partial charge in [-0.2, -0.15) is 0 Å². The highest BCUT2D eigenvalue weighted by atomic mass is 16.5. The Balaban J connectivity index is 1.98. The Morgan fingerprint density at radius 2 is 2.21 bits per heavy atom. The van der Waals surface area contributed by atoms with Crippen LogP contribution in [0.25, 0.3) is 0 Å². The maximum atomic E-state index is 5.57. The number of hydrogen-bond acceptors (Lipinski definition) is 6. The van der Waals surface area contributed by atoms with E-state index >= 15 is 0 Å². The summed E-state index contributed by atoms with van der Waals surface area (Å²) in [7, 11) is 0. The van der Waals surface area contributed by atoms with Crippen LogP contribution >= 0.6 is 0 Å². The lowest BCUT2D eigenvalue weighted by molar-refractivity contribution is 0.0649. The summed E-state index contributed by atoms with van der Waals surface area (Å²) in [6.45, 7) is 4.06. The van der Waals surface area contributed by atoms with Crippen molar-refractivity contribution in [3.8, 4) is 0 Å². The molecule has 1 aromatic rings. The standard InChI is InChI=1S/C8H14N4O2/c1-4-3-6(5(2)13-4)10-8-12-11-7(9)14-8/h4-6H,3H2,1-2H3,(H2,9,11)(H,10,12). The third kappa shape index (κ3) is 1.79. The van der Waals surface area contributed by atoms with E-state index in [0.717, 1.165) is 6.42 Å². The Kier molecular flexibility index (Phi) is 2.28. The summed E-state index contributed by atoms with van der Waals surface area (Å²) < 4.78 is 10.6. The lowest BCUT2D eigenvalue weighted by atomic mass is 10.1. The predicted octanol–water partition coefficient (Wildman–Crippen LogP) is 0.630. The first-order valence-electron chi connectivity index (χ1n) is 4.66. The van der Waals surface area contributed by atoms with Gasteiger partial charge in [0, 0.05) is 0 Å². The quantitative estimate of drug-likeness (QED) is 0.724. The summed E-state index contributed by atoms with van der Waals surface area (Å²) in [5.41, 5.74) is 5.30. The number of nitrogen functional groups attached to an aromatic ring is 1. The fourth-order valence-electron chi connectivity index (χ4n) is 1.69. The average Bonchev–Trinajstić information content (AvgIpc) is 2.61. The molecule has 1 aliphatic heterocycles. The fraction of sp³-hybridized carbons (Fsp3) is 0.750. The van der Waals surface area contributed by atoms with Crippen molar-refractivity contribution in [3.05, 3.63) is 0 Å². The zero-order valence-electron chi connectivity index (χ0n) is 8.23. The van der Waals surface area contributed by atoms with Crippen LogP contribution in [0.5, 0.6) is 0 Å². The van der Waals surface area contributed by atoms with Crippen molar-refractivity contribution in [1.29, 1.82) is 0 Å². The highest BCUT2D eigenvalue weighted by molar-refractivity contribution is 5.25. The molecular formula is C8H14N4O2. The molecule has 1 aromatic heterocycles. The molecule has 0 saturated carbocycles. The van der Waals surface area contributed by atoms with E-state index in [1.807, 2.05) is 13.8 Å². The molecule has 1 fully saturated rings. The summed E-state index contributed by atoms with van der Waals surface area (Å²) in [6, 6.07) is 0.647. The molecule has 6 heteroatoms. The number of aromatic nitrogens is 2. The van der Waals surface area contributed by atoms with Gasteiger partial charge >= 0.3 is 12.0 Å². The summed E-state index contributed by atoms with van der Waals surface area (Å²) in [6.07, 6.45) is 1.35. The van der Waals surface area contributed by atoms with E-state index in [1.165, 1.54) is 0 Å². The lowest BCUT2D eigenvalue weighted by Crippen LogP contribution is -2.26. The molecule has 0 aromatic carbocycles. The molecule has 0 radical (unpaired) electrons. The van der Waals surface area contributed by atoms with E-state index in [4.69, 9.17) is 14.9 Å². The summed E-state index contributed by atoms with van der Waals surface area (Å²) in [5, 5.41) is 10.4. The van der Waals surface area contributed by atoms with E-state index < -0.39 is 0 Å². The van der Waals surface area contributed by atoms with Gasteiger partial charge in [-0.1, -0.05) is 10.2 Å². The number of ether oxygens (including phenoxy) is 1. The molecule has 0 bridgehead atoms. The van der Waals surface area contributed by atoms with Crippen molar-refractivity contribution in [2.24, 2.45) is 0 Å². The van der Waals surface area contributed by atoms with Crippen molar-refractivity contribution < 1.29 is 9.15 Å². The summed E-state index contributed by atoms with van der Waals surface area (Å²) in [4.78, 5) is 0. The van der Waals surface area contributed by atoms with Gasteiger partial charge in [-0.05, 0) is 20.3 Å². The average molecular weight is 198 g/mol. The van der Waals surface area contributed by atoms with Gasteiger partial charge in [0.05, 0.1) is 18.2 Å². The molecule has 1 aliphatic rings. The van der Waals surface area contributed by atoms with Gasteiger partial charge in [0.15, 0.2) is 0 Å². The summed E-state index contributed by atoms with van der Waals surface area (Å²) >= 11 is 0. The van der Waals surface area contributed by atoms with Crippen LogP contribution in [0.1, 0.15) is 20.3 Å². The molecule has 2 heterocycles. The maximum absolute atomic E-state index is 5.57. The second-order valence-electron chi connectivity index (χ2n) is 3.58. The number of nitrogens with zero attached hydrogens (tertiary/aromatic N) is 2. The van der Waals surface area contributed by atoms with Gasteiger partial charge in [-0.25, -0.2) is 0 Å². The third-order valence-corrected chi connectivity index (χ3v) is 2.35. The molecule has 0 amide bonds. The lowest BCUT2D eigenvalue weighted by Gasteiger charge is -2.13. The monoisotopic (exact) mass is 198 g/mol. The number of rotatable bonds is 2. The second kappa shape index (κ2) is 3.45. The van der Waals surface area contributed by atoms with E-state index in [-0.39, 0.29) is 24.3 Å². The molecule has 3 N–H and O–H groups in total. The molecule has 1 saturated heterocycles. The molecular weight excluding hydrogens is 184 g/mol. The Labute approximate surface area is 81.8 Å². The van der Waals surface area contributed by atoms with Crippen molar-refractivity contribution in [2.45, 2.75) is 38.5 Å². The molecule has 78 valence electrons. The molecule has 2 rings (SSSR count). The first-order valence-corrected chi connectivity index (χ1v) is 4.66. The van der Waals surface area contributed by atoms with Crippen molar-refractivity contribution in [1.82, 2.24) is 10.2 Å². The van der Waals surface area contributed by atoms with E-state index in [0.29, 0.717) is 6.01 Å². The van der Waals surface area contributed by atoms with Crippen LogP contribution in [0.15, 0.2) is 4.42 Å². The minimum absolute atomic E-state index is 0.0760. The number of nitrogens with one attached hydrogen (secondary N) is 1. The molecule has 0 spiro atoms. The topological polar surface area (TPSA) is 86.2 Å². The third-order valence-electron chi connectivity index (χ3n) is 2.35. The molecule has 14 heavy (non-hydrogen) atoms. The molecule has 0 aliphatic carbocycles. The predicted molar refractivity (Wildman–Crippen MR) is 50.7 cm³/mol. The van der Waals surface area contributed by atoms with Gasteiger partial charge in [-0.3, -0.25) is 0 Å². The maximum Gasteiger partial charge on any atom is 0.317 e. The first kappa shape index (κ1) is 9.26. The van der Waals surface area contributed by atoms with Crippen molar-refractivity contribution in [2.75, 3.05) is 11.1 Å². The van der Waals surface area contributed by atoms with Crippen LogP contribution in [0.3, 0.4) is 0 Å². The van der Waals surface area contributed by atoms with Gasteiger partial charge in [0.2, 0.25) is 0 Å². The van der Waals surface area contributed by atoms with Gasteiger partial charge in [0.25, 0.3) is 0 Å². The molecule has 6 nitrogen and oxygen atoms in total. The van der Waals surface area contributed by atoms with Gasteiger partial charge in [-0.15, -0.1) is 0 Å². The summed E-state index contributed by atoms with van der Waals surface area (Å²) in [5.74, 6) is 0. The normalized spacial score (nSPS) is 32.0. The minimum atomic E-state index is 0.0760. The number of nitrogens with two attached hydrogens (primary N) is 1. The minimum Gasteiger partial charge on any atom is -0.390 e. The van der Waals surface area contributed by atoms with Crippen molar-refractivity contribution >= 4 is 12.0 Å². The van der Waals surface area contributed by atoms with Crippen LogP contribution in [0.2, 0.25) is 0 Å². The highest BCUT2D eigenvalue weighted by Gasteiger charge is 2.30. The van der Waals surface area contributed by atoms with E-state index in [1.54, 1.807) is 0 Å². The van der Waals surface area contributed by atoms with Gasteiger partial charge < -0.3 is 20.2 Å². The highest BCUT2D eigenvalue weighted by Crippen LogP contribution is 2.22. The Hall–Kier alpha value is -1.30. The Bertz CT molecular complexity index is 314. The van der Waals surface area contributed by atoms with Crippen LogP contribution in [0, 0.1) is 0 Å². The zero-order chi connectivity index (χ0) is 10.1. The fourth-order valence-corrected chi connectivity index (χ4v) is 1.69. The van der Waals surface area contributed by atoms with Gasteiger partial charge in [0.1, 0.15) is 0 Å². The molecule has 3 unspecified atom stereocenters. The van der Waals surface area contributed by atoms with E-state index in [9.17, 15) is 0 Å². The zero-order valence-corrected chi connectivity index (χ0v) is 8.23.